The molecule has 3 heteroatoms. The van der Waals surface area contributed by atoms with Crippen LogP contribution < -0.4 is 0 Å². The van der Waals surface area contributed by atoms with Gasteiger partial charge in [-0.2, -0.15) is 0 Å². The molecule has 0 saturated heterocycles. The summed E-state index contributed by atoms with van der Waals surface area (Å²) < 4.78 is 5.53. The molecule has 3 aromatic rings. The van der Waals surface area contributed by atoms with Crippen molar-refractivity contribution in [3.05, 3.63) is 70.9 Å². The Labute approximate surface area is 109 Å². The summed E-state index contributed by atoms with van der Waals surface area (Å²) in [7, 11) is 0. The number of hydrogen-bond acceptors (Lipinski definition) is 2. The average molecular weight is 257 g/mol. The van der Waals surface area contributed by atoms with Crippen LogP contribution in [0.2, 0.25) is 5.02 Å². The van der Waals surface area contributed by atoms with Crippen molar-refractivity contribution in [2.75, 3.05) is 0 Å². The normalized spacial score (nSPS) is 10.7. The zero-order valence-corrected chi connectivity index (χ0v) is 10.1. The predicted octanol–water partition coefficient (Wildman–Crippen LogP) is 4.32. The average Bonchev–Trinajstić information content (AvgIpc) is 2.81. The quantitative estimate of drug-likeness (QED) is 0.639. The van der Waals surface area contributed by atoms with E-state index < -0.39 is 0 Å². The summed E-state index contributed by atoms with van der Waals surface area (Å²) in [6.07, 6.45) is 0. The molecule has 0 N–H and O–H groups in total. The van der Waals surface area contributed by atoms with Crippen LogP contribution in [0.1, 0.15) is 16.1 Å². The van der Waals surface area contributed by atoms with Crippen molar-refractivity contribution in [2.24, 2.45) is 0 Å². The molecule has 3 rings (SSSR count). The monoisotopic (exact) mass is 256 g/mol. The molecule has 0 atom stereocenters. The highest BCUT2D eigenvalue weighted by Gasteiger charge is 2.14. The first-order chi connectivity index (χ1) is 8.74. The van der Waals surface area contributed by atoms with Crippen molar-refractivity contribution in [1.82, 2.24) is 0 Å². The Morgan fingerprint density at radius 3 is 2.56 bits per heavy atom. The Morgan fingerprint density at radius 2 is 1.78 bits per heavy atom. The topological polar surface area (TPSA) is 30.2 Å². The zero-order valence-electron chi connectivity index (χ0n) is 9.39. The summed E-state index contributed by atoms with van der Waals surface area (Å²) >= 11 is 5.88. The van der Waals surface area contributed by atoms with Crippen molar-refractivity contribution >= 4 is 28.4 Å². The lowest BCUT2D eigenvalue weighted by molar-refractivity contribution is 0.101. The van der Waals surface area contributed by atoms with E-state index in [0.29, 0.717) is 21.9 Å². The molecule has 0 aliphatic carbocycles. The third-order valence-corrected chi connectivity index (χ3v) is 2.98. The highest BCUT2D eigenvalue weighted by atomic mass is 35.5. The van der Waals surface area contributed by atoms with Crippen molar-refractivity contribution in [1.29, 1.82) is 0 Å². The van der Waals surface area contributed by atoms with Gasteiger partial charge in [-0.1, -0.05) is 41.9 Å². The van der Waals surface area contributed by atoms with Gasteiger partial charge in [0.25, 0.3) is 0 Å². The van der Waals surface area contributed by atoms with Gasteiger partial charge in [-0.3, -0.25) is 4.79 Å². The number of carbonyl (C=O) groups is 1. The van der Waals surface area contributed by atoms with E-state index in [1.54, 1.807) is 30.3 Å². The van der Waals surface area contributed by atoms with E-state index >= 15 is 0 Å². The van der Waals surface area contributed by atoms with Crippen molar-refractivity contribution in [3.63, 3.8) is 0 Å². The van der Waals surface area contributed by atoms with E-state index in [4.69, 9.17) is 16.0 Å². The van der Waals surface area contributed by atoms with Crippen molar-refractivity contribution < 1.29 is 9.21 Å². The highest BCUT2D eigenvalue weighted by Crippen LogP contribution is 2.24. The van der Waals surface area contributed by atoms with Crippen LogP contribution in [-0.2, 0) is 0 Å². The molecule has 2 nitrogen and oxygen atoms in total. The minimum atomic E-state index is -0.122. The lowest BCUT2D eigenvalue weighted by Crippen LogP contribution is -1.98. The number of carbonyl (C=O) groups excluding carboxylic acids is 1. The molecular weight excluding hydrogens is 248 g/mol. The molecule has 1 heterocycles. The Morgan fingerprint density at radius 1 is 1.00 bits per heavy atom. The van der Waals surface area contributed by atoms with Crippen LogP contribution in [-0.4, -0.2) is 5.78 Å². The maximum atomic E-state index is 12.2. The maximum Gasteiger partial charge on any atom is 0.228 e. The lowest BCUT2D eigenvalue weighted by atomic mass is 10.1. The minimum absolute atomic E-state index is 0.122. The van der Waals surface area contributed by atoms with Crippen LogP contribution in [0.4, 0.5) is 0 Å². The van der Waals surface area contributed by atoms with Crippen LogP contribution in [0.25, 0.3) is 11.0 Å². The van der Waals surface area contributed by atoms with Gasteiger partial charge in [-0.05, 0) is 18.2 Å². The Balaban J connectivity index is 2.07. The van der Waals surface area contributed by atoms with E-state index in [2.05, 4.69) is 0 Å². The number of ketones is 1. The number of fused-ring (bicyclic) bond motifs is 1. The van der Waals surface area contributed by atoms with Gasteiger partial charge in [0, 0.05) is 22.0 Å². The first-order valence-electron chi connectivity index (χ1n) is 5.53. The summed E-state index contributed by atoms with van der Waals surface area (Å²) in [5.74, 6) is 0.210. The number of halogens is 1. The Hall–Kier alpha value is -2.06. The molecule has 0 amide bonds. The minimum Gasteiger partial charge on any atom is -0.453 e. The fraction of sp³-hybridized carbons (Fsp3) is 0. The van der Waals surface area contributed by atoms with E-state index in [9.17, 15) is 4.79 Å². The number of benzene rings is 2. The first kappa shape index (κ1) is 11.1. The molecule has 0 bridgehead atoms. The maximum absolute atomic E-state index is 12.2. The molecule has 0 fully saturated rings. The molecule has 18 heavy (non-hydrogen) atoms. The third-order valence-electron chi connectivity index (χ3n) is 2.74. The van der Waals surface area contributed by atoms with Gasteiger partial charge in [-0.15, -0.1) is 0 Å². The van der Waals surface area contributed by atoms with E-state index in [0.717, 1.165) is 5.39 Å². The van der Waals surface area contributed by atoms with Crippen LogP contribution in [0.15, 0.2) is 59.0 Å². The third kappa shape index (κ3) is 1.91. The number of rotatable bonds is 2. The summed E-state index contributed by atoms with van der Waals surface area (Å²) in [4.78, 5) is 12.2. The van der Waals surface area contributed by atoms with Crippen LogP contribution >= 0.6 is 11.6 Å². The highest BCUT2D eigenvalue weighted by molar-refractivity contribution is 6.31. The standard InChI is InChI=1S/C15H9ClO2/c16-12-7-6-11-8-14(18-13(11)9-12)15(17)10-4-2-1-3-5-10/h1-9H. The van der Waals surface area contributed by atoms with Crippen molar-refractivity contribution in [2.45, 2.75) is 0 Å². The molecule has 0 saturated carbocycles. The van der Waals surface area contributed by atoms with Gasteiger partial charge in [0.05, 0.1) is 0 Å². The number of furan rings is 1. The van der Waals surface area contributed by atoms with E-state index in [1.165, 1.54) is 0 Å². The van der Waals surface area contributed by atoms with E-state index in [1.807, 2.05) is 24.3 Å². The van der Waals surface area contributed by atoms with Gasteiger partial charge in [0.1, 0.15) is 5.58 Å². The molecule has 0 radical (unpaired) electrons. The van der Waals surface area contributed by atoms with Crippen LogP contribution in [0.3, 0.4) is 0 Å². The summed E-state index contributed by atoms with van der Waals surface area (Å²) in [5.41, 5.74) is 1.24. The SMILES string of the molecule is O=C(c1ccccc1)c1cc2ccc(Cl)cc2o1. The zero-order chi connectivity index (χ0) is 12.5. The van der Waals surface area contributed by atoms with Gasteiger partial charge in [0.15, 0.2) is 5.76 Å². The second-order valence-electron chi connectivity index (χ2n) is 3.99. The molecule has 2 aromatic carbocycles. The molecule has 0 aliphatic rings. The molecule has 88 valence electrons. The smallest absolute Gasteiger partial charge is 0.228 e. The second-order valence-corrected chi connectivity index (χ2v) is 4.42. The first-order valence-corrected chi connectivity index (χ1v) is 5.91. The predicted molar refractivity (Wildman–Crippen MR) is 71.1 cm³/mol. The van der Waals surface area contributed by atoms with Crippen LogP contribution in [0, 0.1) is 0 Å². The molecular formula is C15H9ClO2. The van der Waals surface area contributed by atoms with Gasteiger partial charge in [0.2, 0.25) is 5.78 Å². The number of hydrogen-bond donors (Lipinski definition) is 0. The Kier molecular flexibility index (Phi) is 2.65. The molecule has 0 aliphatic heterocycles. The molecule has 0 unspecified atom stereocenters. The van der Waals surface area contributed by atoms with Gasteiger partial charge >= 0.3 is 0 Å². The van der Waals surface area contributed by atoms with Crippen LogP contribution in [0.5, 0.6) is 0 Å². The van der Waals surface area contributed by atoms with Gasteiger partial charge in [-0.25, -0.2) is 0 Å². The fourth-order valence-electron chi connectivity index (χ4n) is 1.85. The molecule has 0 spiro atoms. The lowest BCUT2D eigenvalue weighted by Gasteiger charge is -1.95. The largest absolute Gasteiger partial charge is 0.453 e. The summed E-state index contributed by atoms with van der Waals surface area (Å²) in [6.45, 7) is 0. The van der Waals surface area contributed by atoms with Crippen molar-refractivity contribution in [3.8, 4) is 0 Å². The van der Waals surface area contributed by atoms with E-state index in [-0.39, 0.29) is 5.78 Å². The summed E-state index contributed by atoms with van der Waals surface area (Å²) in [5, 5.41) is 1.47. The Bertz CT molecular complexity index is 714. The molecule has 1 aromatic heterocycles. The summed E-state index contributed by atoms with van der Waals surface area (Å²) in [6, 6.07) is 16.1. The second kappa shape index (κ2) is 4.31. The van der Waals surface area contributed by atoms with Gasteiger partial charge < -0.3 is 4.42 Å². The fourth-order valence-corrected chi connectivity index (χ4v) is 2.01.